The van der Waals surface area contributed by atoms with E-state index in [0.717, 1.165) is 56.9 Å². The molecule has 0 bridgehead atoms. The topological polar surface area (TPSA) is 95.5 Å². The lowest BCUT2D eigenvalue weighted by Crippen LogP contribution is -2.33. The number of rotatable bonds is 7. The first kappa shape index (κ1) is 19.9. The minimum Gasteiger partial charge on any atom is -0.481 e. The van der Waals surface area contributed by atoms with Crippen LogP contribution in [0.25, 0.3) is 0 Å². The molecule has 2 aliphatic carbocycles. The van der Waals surface area contributed by atoms with E-state index in [1.807, 2.05) is 0 Å². The van der Waals surface area contributed by atoms with E-state index in [4.69, 9.17) is 5.11 Å². The maximum absolute atomic E-state index is 13.0. The molecule has 6 nitrogen and oxygen atoms in total. The molecule has 1 saturated carbocycles. The maximum Gasteiger partial charge on any atom is 0.303 e. The van der Waals surface area contributed by atoms with E-state index >= 15 is 0 Å². The van der Waals surface area contributed by atoms with Gasteiger partial charge >= 0.3 is 5.97 Å². The Morgan fingerprint density at radius 1 is 1.11 bits per heavy atom. The zero-order valence-corrected chi connectivity index (χ0v) is 16.6. The van der Waals surface area contributed by atoms with E-state index in [9.17, 15) is 14.4 Å². The largest absolute Gasteiger partial charge is 0.481 e. The van der Waals surface area contributed by atoms with Crippen molar-refractivity contribution in [2.24, 2.45) is 5.92 Å². The molecule has 2 amide bonds. The van der Waals surface area contributed by atoms with Gasteiger partial charge in [-0.1, -0.05) is 19.8 Å². The molecule has 2 aliphatic rings. The summed E-state index contributed by atoms with van der Waals surface area (Å²) in [5.41, 5.74) is 1.73. The van der Waals surface area contributed by atoms with Crippen LogP contribution in [0.1, 0.15) is 79.1 Å². The number of amides is 2. The zero-order chi connectivity index (χ0) is 19.4. The number of hydrogen-bond acceptors (Lipinski definition) is 4. The highest BCUT2D eigenvalue weighted by Gasteiger charge is 2.28. The fourth-order valence-electron chi connectivity index (χ4n) is 4.09. The smallest absolute Gasteiger partial charge is 0.303 e. The maximum atomic E-state index is 13.0. The second kappa shape index (κ2) is 8.87. The number of nitrogens with one attached hydrogen (secondary N) is 2. The molecule has 1 heterocycles. The lowest BCUT2D eigenvalue weighted by Gasteiger charge is -2.16. The predicted molar refractivity (Wildman–Crippen MR) is 105 cm³/mol. The Kier molecular flexibility index (Phi) is 6.52. The van der Waals surface area contributed by atoms with Gasteiger partial charge in [-0.15, -0.1) is 11.3 Å². The van der Waals surface area contributed by atoms with Crippen molar-refractivity contribution in [1.29, 1.82) is 0 Å². The van der Waals surface area contributed by atoms with Crippen molar-refractivity contribution in [3.05, 3.63) is 16.0 Å². The second-order valence-electron chi connectivity index (χ2n) is 7.83. The van der Waals surface area contributed by atoms with Crippen LogP contribution in [0.2, 0.25) is 0 Å². The molecule has 3 rings (SSSR count). The van der Waals surface area contributed by atoms with Gasteiger partial charge in [0.1, 0.15) is 5.00 Å². The van der Waals surface area contributed by atoms with Crippen LogP contribution in [0.4, 0.5) is 5.00 Å². The van der Waals surface area contributed by atoms with Crippen LogP contribution in [0.15, 0.2) is 0 Å². The Hall–Kier alpha value is -1.89. The number of fused-ring (bicyclic) bond motifs is 1. The quantitative estimate of drug-likeness (QED) is 0.659. The summed E-state index contributed by atoms with van der Waals surface area (Å²) >= 11 is 1.51. The van der Waals surface area contributed by atoms with Crippen LogP contribution >= 0.6 is 11.3 Å². The summed E-state index contributed by atoms with van der Waals surface area (Å²) in [6.45, 7) is 1.75. The number of aryl methyl sites for hydroxylation is 1. The number of carboxylic acid groups (broad SMARTS) is 1. The summed E-state index contributed by atoms with van der Waals surface area (Å²) in [7, 11) is 0. The van der Waals surface area contributed by atoms with Gasteiger partial charge in [-0.2, -0.15) is 0 Å². The standard InChI is InChI=1S/C20H28N2O4S/c1-12(11-17(24)25)10-16(23)22-20-18(14-8-4-5-9-15(14)27-20)19(26)21-13-6-2-3-7-13/h12-13H,2-11H2,1H3,(H,21,26)(H,22,23)(H,24,25)/t12-/m0/s1. The van der Waals surface area contributed by atoms with Gasteiger partial charge in [-0.3, -0.25) is 14.4 Å². The Morgan fingerprint density at radius 2 is 1.81 bits per heavy atom. The van der Waals surface area contributed by atoms with Gasteiger partial charge in [0.15, 0.2) is 0 Å². The molecular formula is C20H28N2O4S. The monoisotopic (exact) mass is 392 g/mol. The summed E-state index contributed by atoms with van der Waals surface area (Å²) in [4.78, 5) is 37.4. The molecule has 0 aromatic carbocycles. The van der Waals surface area contributed by atoms with Crippen molar-refractivity contribution in [3.8, 4) is 0 Å². The molecule has 27 heavy (non-hydrogen) atoms. The van der Waals surface area contributed by atoms with Crippen LogP contribution in [-0.2, 0) is 22.4 Å². The molecule has 1 atom stereocenters. The SMILES string of the molecule is C[C@H](CC(=O)O)CC(=O)Nc1sc2c(c1C(=O)NC1CCCC1)CCCC2. The average molecular weight is 393 g/mol. The van der Waals surface area contributed by atoms with Crippen molar-refractivity contribution in [1.82, 2.24) is 5.32 Å². The Labute approximate surface area is 163 Å². The van der Waals surface area contributed by atoms with Crippen molar-refractivity contribution < 1.29 is 19.5 Å². The number of anilines is 1. The molecule has 0 aliphatic heterocycles. The van der Waals surface area contributed by atoms with E-state index in [2.05, 4.69) is 10.6 Å². The highest BCUT2D eigenvalue weighted by molar-refractivity contribution is 7.17. The van der Waals surface area contributed by atoms with Gasteiger partial charge in [0.25, 0.3) is 5.91 Å². The molecule has 0 unspecified atom stereocenters. The van der Waals surface area contributed by atoms with Gasteiger partial charge in [0.2, 0.25) is 5.91 Å². The van der Waals surface area contributed by atoms with Gasteiger partial charge in [0, 0.05) is 23.8 Å². The minimum absolute atomic E-state index is 0.0383. The molecule has 7 heteroatoms. The van der Waals surface area contributed by atoms with E-state index < -0.39 is 5.97 Å². The van der Waals surface area contributed by atoms with Crippen molar-refractivity contribution in [3.63, 3.8) is 0 Å². The van der Waals surface area contributed by atoms with Gasteiger partial charge in [0.05, 0.1) is 5.56 Å². The highest BCUT2D eigenvalue weighted by Crippen LogP contribution is 2.38. The van der Waals surface area contributed by atoms with Gasteiger partial charge in [-0.25, -0.2) is 0 Å². The van der Waals surface area contributed by atoms with Crippen LogP contribution in [0, 0.1) is 5.92 Å². The van der Waals surface area contributed by atoms with Crippen LogP contribution in [0.5, 0.6) is 0 Å². The lowest BCUT2D eigenvalue weighted by atomic mass is 9.95. The highest BCUT2D eigenvalue weighted by atomic mass is 32.1. The molecule has 3 N–H and O–H groups in total. The van der Waals surface area contributed by atoms with E-state index in [1.54, 1.807) is 6.92 Å². The Balaban J connectivity index is 1.75. The number of aliphatic carboxylic acids is 1. The van der Waals surface area contributed by atoms with Crippen LogP contribution in [-0.4, -0.2) is 28.9 Å². The van der Waals surface area contributed by atoms with Crippen molar-refractivity contribution >= 4 is 34.1 Å². The molecule has 0 saturated heterocycles. The third-order valence-corrected chi connectivity index (χ3v) is 6.61. The molecule has 0 radical (unpaired) electrons. The van der Waals surface area contributed by atoms with Crippen molar-refractivity contribution in [2.45, 2.75) is 77.2 Å². The average Bonchev–Trinajstić information content (AvgIpc) is 3.20. The Morgan fingerprint density at radius 3 is 2.52 bits per heavy atom. The fourth-order valence-corrected chi connectivity index (χ4v) is 5.39. The normalized spacial score (nSPS) is 18.0. The summed E-state index contributed by atoms with van der Waals surface area (Å²) in [6, 6.07) is 0.232. The van der Waals surface area contributed by atoms with Crippen LogP contribution in [0.3, 0.4) is 0 Å². The molecule has 1 fully saturated rings. The molecule has 148 valence electrons. The second-order valence-corrected chi connectivity index (χ2v) is 8.93. The molecular weight excluding hydrogens is 364 g/mol. The Bertz CT molecular complexity index is 722. The molecule has 1 aromatic rings. The fraction of sp³-hybridized carbons (Fsp3) is 0.650. The van der Waals surface area contributed by atoms with E-state index in [-0.39, 0.29) is 36.6 Å². The number of carbonyl (C=O) groups excluding carboxylic acids is 2. The minimum atomic E-state index is -0.904. The zero-order valence-electron chi connectivity index (χ0n) is 15.8. The number of hydrogen-bond donors (Lipinski definition) is 3. The summed E-state index contributed by atoms with van der Waals surface area (Å²) in [5, 5.41) is 15.6. The van der Waals surface area contributed by atoms with Gasteiger partial charge < -0.3 is 15.7 Å². The third-order valence-electron chi connectivity index (χ3n) is 5.40. The summed E-state index contributed by atoms with van der Waals surface area (Å²) in [6.07, 6.45) is 8.45. The number of thiophene rings is 1. The third kappa shape index (κ3) is 5.09. The lowest BCUT2D eigenvalue weighted by molar-refractivity contribution is -0.138. The van der Waals surface area contributed by atoms with Crippen LogP contribution < -0.4 is 10.6 Å². The van der Waals surface area contributed by atoms with Crippen molar-refractivity contribution in [2.75, 3.05) is 5.32 Å². The first-order valence-electron chi connectivity index (χ1n) is 9.91. The first-order chi connectivity index (χ1) is 12.9. The molecule has 1 aromatic heterocycles. The predicted octanol–water partition coefficient (Wildman–Crippen LogP) is 3.74. The molecule has 0 spiro atoms. The van der Waals surface area contributed by atoms with E-state index in [1.165, 1.54) is 16.2 Å². The number of carbonyl (C=O) groups is 3. The summed E-state index contributed by atoms with van der Waals surface area (Å²) in [5.74, 6) is -1.45. The van der Waals surface area contributed by atoms with E-state index in [0.29, 0.717) is 10.6 Å². The summed E-state index contributed by atoms with van der Waals surface area (Å²) < 4.78 is 0. The number of carboxylic acids is 1. The van der Waals surface area contributed by atoms with Gasteiger partial charge in [-0.05, 0) is 50.0 Å². The first-order valence-corrected chi connectivity index (χ1v) is 10.7.